The predicted octanol–water partition coefficient (Wildman–Crippen LogP) is 3.37. The van der Waals surface area contributed by atoms with Crippen molar-refractivity contribution in [1.82, 2.24) is 4.90 Å². The van der Waals surface area contributed by atoms with Crippen molar-refractivity contribution in [1.29, 1.82) is 0 Å². The first-order valence-corrected chi connectivity index (χ1v) is 10.3. The molecular weight excluding hydrogens is 426 g/mol. The molecule has 9 heteroatoms. The summed E-state index contributed by atoms with van der Waals surface area (Å²) in [7, 11) is 1.31. The molecule has 0 bridgehead atoms. The summed E-state index contributed by atoms with van der Waals surface area (Å²) in [5.41, 5.74) is 1.29. The van der Waals surface area contributed by atoms with Crippen LogP contribution in [0.3, 0.4) is 0 Å². The minimum absolute atomic E-state index is 0.0449. The first-order valence-electron chi connectivity index (χ1n) is 9.89. The number of piperidine rings is 1. The van der Waals surface area contributed by atoms with E-state index < -0.39 is 23.8 Å². The van der Waals surface area contributed by atoms with Gasteiger partial charge in [0.05, 0.1) is 7.11 Å². The van der Waals surface area contributed by atoms with Crippen molar-refractivity contribution in [2.45, 2.75) is 32.2 Å². The lowest BCUT2D eigenvalue weighted by molar-refractivity contribution is -0.147. The van der Waals surface area contributed by atoms with Crippen LogP contribution in [0.1, 0.15) is 36.0 Å². The van der Waals surface area contributed by atoms with Gasteiger partial charge in [0.2, 0.25) is 0 Å². The minimum atomic E-state index is -1.06. The van der Waals surface area contributed by atoms with Gasteiger partial charge in [0, 0.05) is 30.6 Å². The third-order valence-corrected chi connectivity index (χ3v) is 5.87. The Bertz CT molecular complexity index is 1040. The fourth-order valence-electron chi connectivity index (χ4n) is 4.01. The number of rotatable bonds is 7. The second kappa shape index (κ2) is 9.98. The Hall–Kier alpha value is -2.84. The first kappa shape index (κ1) is 22.8. The molecule has 2 atom stereocenters. The van der Waals surface area contributed by atoms with E-state index in [1.165, 1.54) is 13.2 Å². The molecule has 1 aliphatic rings. The largest absolute Gasteiger partial charge is 0.519 e. The molecule has 31 heavy (non-hydrogen) atoms. The van der Waals surface area contributed by atoms with Crippen LogP contribution < -0.4 is 5.82 Å². The van der Waals surface area contributed by atoms with Crippen LogP contribution >= 0.6 is 11.6 Å². The highest BCUT2D eigenvalue weighted by Gasteiger charge is 2.35. The highest BCUT2D eigenvalue weighted by atomic mass is 35.5. The van der Waals surface area contributed by atoms with Crippen molar-refractivity contribution < 1.29 is 28.3 Å². The summed E-state index contributed by atoms with van der Waals surface area (Å²) >= 11 is 6.34. The number of carbonyl (C=O) groups is 2. The zero-order chi connectivity index (χ0) is 22.5. The van der Waals surface area contributed by atoms with E-state index in [2.05, 4.69) is 0 Å². The number of carboxylic acids is 1. The van der Waals surface area contributed by atoms with Gasteiger partial charge < -0.3 is 18.7 Å². The predicted molar refractivity (Wildman–Crippen MR) is 112 cm³/mol. The summed E-state index contributed by atoms with van der Waals surface area (Å²) in [6.07, 6.45) is 2.85. The maximum atomic E-state index is 12.6. The van der Waals surface area contributed by atoms with Crippen molar-refractivity contribution in [2.75, 3.05) is 20.2 Å². The van der Waals surface area contributed by atoms with Crippen LogP contribution in [0.15, 0.2) is 49.5 Å². The number of esters is 1. The quantitative estimate of drug-likeness (QED) is 0.506. The molecule has 2 aromatic rings. The van der Waals surface area contributed by atoms with Gasteiger partial charge in [0.15, 0.2) is 0 Å². The smallest absolute Gasteiger partial charge is 0.478 e. The number of hydrogen-bond acceptors (Lipinski definition) is 7. The van der Waals surface area contributed by atoms with E-state index in [4.69, 9.17) is 25.2 Å². The molecule has 0 spiro atoms. The molecule has 166 valence electrons. The minimum Gasteiger partial charge on any atom is -0.478 e. The average Bonchev–Trinajstić information content (AvgIpc) is 3.05. The van der Waals surface area contributed by atoms with Gasteiger partial charge in [-0.3, -0.25) is 4.90 Å². The molecule has 8 nitrogen and oxygen atoms in total. The molecule has 0 amide bonds. The van der Waals surface area contributed by atoms with Crippen LogP contribution in [-0.4, -0.2) is 42.1 Å². The van der Waals surface area contributed by atoms with Crippen molar-refractivity contribution in [3.63, 3.8) is 0 Å². The summed E-state index contributed by atoms with van der Waals surface area (Å²) < 4.78 is 15.0. The molecule has 1 aromatic carbocycles. The van der Waals surface area contributed by atoms with Crippen molar-refractivity contribution in [3.8, 4) is 0 Å². The molecule has 1 N–H and O–H groups in total. The fourth-order valence-corrected chi connectivity index (χ4v) is 4.25. The summed E-state index contributed by atoms with van der Waals surface area (Å²) in [6.45, 7) is 2.47. The van der Waals surface area contributed by atoms with E-state index in [1.807, 2.05) is 4.90 Å². The van der Waals surface area contributed by atoms with Gasteiger partial charge in [-0.15, -0.1) is 0 Å². The Balaban J connectivity index is 1.83. The lowest BCUT2D eigenvalue weighted by Gasteiger charge is -2.38. The van der Waals surface area contributed by atoms with Crippen LogP contribution in [0, 0.1) is 12.8 Å². The van der Waals surface area contributed by atoms with Crippen molar-refractivity contribution >= 4 is 23.5 Å². The Morgan fingerprint density at radius 1 is 1.35 bits per heavy atom. The van der Waals surface area contributed by atoms with Gasteiger partial charge in [-0.1, -0.05) is 29.8 Å². The second-order valence-corrected chi connectivity index (χ2v) is 7.84. The molecule has 0 aliphatic carbocycles. The molecule has 1 aliphatic heterocycles. The van der Waals surface area contributed by atoms with Crippen LogP contribution in [-0.2, 0) is 20.7 Å². The third-order valence-electron chi connectivity index (χ3n) is 5.53. The number of nitrogens with zero attached hydrogens (tertiary/aromatic N) is 1. The van der Waals surface area contributed by atoms with Crippen LogP contribution in [0.4, 0.5) is 0 Å². The van der Waals surface area contributed by atoms with Crippen molar-refractivity contribution in [2.24, 2.45) is 5.92 Å². The highest BCUT2D eigenvalue weighted by Crippen LogP contribution is 2.35. The molecule has 2 heterocycles. The molecule has 0 unspecified atom stereocenters. The molecule has 0 radical (unpaired) electrons. The van der Waals surface area contributed by atoms with Gasteiger partial charge in [0.1, 0.15) is 17.6 Å². The monoisotopic (exact) mass is 449 g/mol. The van der Waals surface area contributed by atoms with Gasteiger partial charge >= 0.3 is 17.8 Å². The SMILES string of the molecule is COC(=O)[C@H](c1ccccc1Cl)N1CC[C@H](CCc2oc(=O)oc2C)/C(=C\C(=O)O)C1. The van der Waals surface area contributed by atoms with E-state index in [-0.39, 0.29) is 12.5 Å². The maximum Gasteiger partial charge on any atom is 0.519 e. The third kappa shape index (κ3) is 5.45. The average molecular weight is 450 g/mol. The molecule has 1 saturated heterocycles. The summed E-state index contributed by atoms with van der Waals surface area (Å²) in [5.74, 6) is -1.42. The lowest BCUT2D eigenvalue weighted by Crippen LogP contribution is -2.42. The van der Waals surface area contributed by atoms with E-state index in [0.29, 0.717) is 53.5 Å². The Morgan fingerprint density at radius 2 is 2.10 bits per heavy atom. The number of methoxy groups -OCH3 is 1. The van der Waals surface area contributed by atoms with Gasteiger partial charge in [-0.2, -0.15) is 0 Å². The van der Waals surface area contributed by atoms with Gasteiger partial charge in [-0.25, -0.2) is 14.4 Å². The number of carboxylic acid groups (broad SMARTS) is 1. The number of likely N-dealkylation sites (tertiary alicyclic amines) is 1. The molecule has 1 aromatic heterocycles. The molecule has 0 saturated carbocycles. The Labute approximate surface area is 184 Å². The van der Waals surface area contributed by atoms with E-state index in [0.717, 1.165) is 0 Å². The van der Waals surface area contributed by atoms with Gasteiger partial charge in [-0.05, 0) is 42.9 Å². The molecule has 3 rings (SSSR count). The number of hydrogen-bond donors (Lipinski definition) is 1. The molecule has 1 fully saturated rings. The van der Waals surface area contributed by atoms with E-state index in [1.54, 1.807) is 31.2 Å². The summed E-state index contributed by atoms with van der Waals surface area (Å²) in [5, 5.41) is 9.81. The number of carbonyl (C=O) groups excluding carboxylic acids is 1. The number of ether oxygens (including phenoxy) is 1. The Kier molecular flexibility index (Phi) is 7.35. The lowest BCUT2D eigenvalue weighted by atomic mass is 9.85. The van der Waals surface area contributed by atoms with Gasteiger partial charge in [0.25, 0.3) is 0 Å². The normalized spacial score (nSPS) is 19.3. The zero-order valence-electron chi connectivity index (χ0n) is 17.3. The van der Waals surface area contributed by atoms with E-state index >= 15 is 0 Å². The topological polar surface area (TPSA) is 110 Å². The van der Waals surface area contributed by atoms with Crippen molar-refractivity contribution in [3.05, 3.63) is 68.6 Å². The standard InChI is InChI=1S/C22H24ClNO7/c1-13-18(31-22(28)30-13)8-7-14-9-10-24(12-15(14)11-19(25)26)20(21(27)29-2)16-5-3-4-6-17(16)23/h3-6,11,14,20H,7-10,12H2,1-2H3,(H,25,26)/b15-11-/t14-,20-/m0/s1. The Morgan fingerprint density at radius 3 is 2.71 bits per heavy atom. The van der Waals surface area contributed by atoms with Crippen LogP contribution in [0.25, 0.3) is 0 Å². The fraction of sp³-hybridized carbons (Fsp3) is 0.409. The van der Waals surface area contributed by atoms with Crippen LogP contribution in [0.5, 0.6) is 0 Å². The maximum absolute atomic E-state index is 12.6. The highest BCUT2D eigenvalue weighted by molar-refractivity contribution is 6.31. The first-order chi connectivity index (χ1) is 14.8. The number of aliphatic carboxylic acids is 1. The summed E-state index contributed by atoms with van der Waals surface area (Å²) in [4.78, 5) is 37.2. The zero-order valence-corrected chi connectivity index (χ0v) is 18.1. The van der Waals surface area contributed by atoms with Crippen LogP contribution in [0.2, 0.25) is 5.02 Å². The number of benzene rings is 1. The van der Waals surface area contributed by atoms with E-state index in [9.17, 15) is 19.5 Å². The second-order valence-electron chi connectivity index (χ2n) is 7.43. The number of aryl methyl sites for hydroxylation is 2. The molecular formula is C22H24ClNO7. The summed E-state index contributed by atoms with van der Waals surface area (Å²) in [6, 6.07) is 6.29. The number of halogens is 1.